The van der Waals surface area contributed by atoms with Crippen molar-refractivity contribution in [3.05, 3.63) is 12.2 Å². The largest absolute Gasteiger partial charge is 0.462 e. The Morgan fingerprint density at radius 2 is 1.78 bits per heavy atom. The SMILES string of the molecule is C=C(C)C(=O)OCCC([SiH2]OC)(C(C)C)C(C)C. The molecule has 0 atom stereocenters. The van der Waals surface area contributed by atoms with Crippen molar-refractivity contribution in [2.45, 2.75) is 46.1 Å². The second-order valence-corrected chi connectivity index (χ2v) is 7.82. The Hall–Kier alpha value is -0.613. The molecule has 0 fully saturated rings. The standard InChI is InChI=1S/C14H28O3Si/c1-10(2)13(15)17-9-8-14(11(3)4,12(5)6)18-16-7/h11-12H,1,8-9,18H2,2-7H3. The molecule has 0 aliphatic rings. The zero-order valence-corrected chi connectivity index (χ0v) is 14.1. The minimum absolute atomic E-state index is 0.185. The predicted octanol–water partition coefficient (Wildman–Crippen LogP) is 2.70. The van der Waals surface area contributed by atoms with Crippen LogP contribution in [0, 0.1) is 11.8 Å². The molecule has 0 unspecified atom stereocenters. The van der Waals surface area contributed by atoms with Crippen LogP contribution >= 0.6 is 0 Å². The van der Waals surface area contributed by atoms with Crippen LogP contribution in [-0.2, 0) is 14.0 Å². The van der Waals surface area contributed by atoms with Crippen molar-refractivity contribution in [1.29, 1.82) is 0 Å². The number of carbonyl (C=O) groups is 1. The molecule has 0 rings (SSSR count). The van der Waals surface area contributed by atoms with Crippen molar-refractivity contribution in [1.82, 2.24) is 0 Å². The van der Waals surface area contributed by atoms with Crippen molar-refractivity contribution in [3.8, 4) is 0 Å². The van der Waals surface area contributed by atoms with Gasteiger partial charge in [-0.05, 0) is 30.2 Å². The summed E-state index contributed by atoms with van der Waals surface area (Å²) in [5, 5.41) is 0.185. The molecular formula is C14H28O3Si. The number of rotatable bonds is 8. The Labute approximate surface area is 114 Å². The van der Waals surface area contributed by atoms with Gasteiger partial charge in [-0.3, -0.25) is 0 Å². The van der Waals surface area contributed by atoms with Gasteiger partial charge in [0.2, 0.25) is 0 Å². The molecule has 0 aliphatic carbocycles. The number of carbonyl (C=O) groups excluding carboxylic acids is 1. The second-order valence-electron chi connectivity index (χ2n) is 5.64. The highest BCUT2D eigenvalue weighted by molar-refractivity contribution is 6.32. The van der Waals surface area contributed by atoms with Gasteiger partial charge >= 0.3 is 5.97 Å². The number of ether oxygens (including phenoxy) is 1. The fraction of sp³-hybridized carbons (Fsp3) is 0.786. The van der Waals surface area contributed by atoms with Gasteiger partial charge in [-0.2, -0.15) is 0 Å². The maximum atomic E-state index is 11.4. The van der Waals surface area contributed by atoms with E-state index in [0.29, 0.717) is 24.0 Å². The highest BCUT2D eigenvalue weighted by atomic mass is 28.2. The van der Waals surface area contributed by atoms with Crippen molar-refractivity contribution in [2.75, 3.05) is 13.7 Å². The summed E-state index contributed by atoms with van der Waals surface area (Å²) in [4.78, 5) is 11.4. The second kappa shape index (κ2) is 7.74. The van der Waals surface area contributed by atoms with E-state index >= 15 is 0 Å². The molecule has 0 bridgehead atoms. The summed E-state index contributed by atoms with van der Waals surface area (Å²) in [5.41, 5.74) is 0.457. The first-order chi connectivity index (χ1) is 8.27. The van der Waals surface area contributed by atoms with Crippen LogP contribution in [0.25, 0.3) is 0 Å². The van der Waals surface area contributed by atoms with Crippen LogP contribution < -0.4 is 0 Å². The lowest BCUT2D eigenvalue weighted by molar-refractivity contribution is -0.139. The zero-order valence-electron chi connectivity index (χ0n) is 12.7. The monoisotopic (exact) mass is 272 g/mol. The summed E-state index contributed by atoms with van der Waals surface area (Å²) in [5.74, 6) is 0.774. The molecule has 0 aromatic rings. The van der Waals surface area contributed by atoms with Gasteiger partial charge in [-0.15, -0.1) is 0 Å². The molecule has 0 amide bonds. The molecule has 106 valence electrons. The van der Waals surface area contributed by atoms with Gasteiger partial charge in [0.25, 0.3) is 0 Å². The summed E-state index contributed by atoms with van der Waals surface area (Å²) < 4.78 is 10.7. The van der Waals surface area contributed by atoms with E-state index < -0.39 is 9.76 Å². The summed E-state index contributed by atoms with van der Waals surface area (Å²) >= 11 is 0. The van der Waals surface area contributed by atoms with E-state index in [1.54, 1.807) is 14.0 Å². The minimum Gasteiger partial charge on any atom is -0.462 e. The maximum absolute atomic E-state index is 11.4. The first-order valence-corrected chi connectivity index (χ1v) is 7.88. The first kappa shape index (κ1) is 17.4. The van der Waals surface area contributed by atoms with Crippen LogP contribution in [0.4, 0.5) is 0 Å². The lowest BCUT2D eigenvalue weighted by Gasteiger charge is -2.40. The van der Waals surface area contributed by atoms with E-state index in [2.05, 4.69) is 34.3 Å². The third kappa shape index (κ3) is 4.57. The highest BCUT2D eigenvalue weighted by Crippen LogP contribution is 2.45. The van der Waals surface area contributed by atoms with Crippen LogP contribution in [0.5, 0.6) is 0 Å². The third-order valence-electron chi connectivity index (χ3n) is 3.86. The van der Waals surface area contributed by atoms with Crippen LogP contribution in [0.15, 0.2) is 12.2 Å². The van der Waals surface area contributed by atoms with Gasteiger partial charge in [-0.1, -0.05) is 34.3 Å². The fourth-order valence-electron chi connectivity index (χ4n) is 2.38. The Bertz CT molecular complexity index is 277. The van der Waals surface area contributed by atoms with Gasteiger partial charge in [0.15, 0.2) is 9.76 Å². The molecule has 3 nitrogen and oxygen atoms in total. The van der Waals surface area contributed by atoms with E-state index in [9.17, 15) is 4.79 Å². The molecule has 0 radical (unpaired) electrons. The Morgan fingerprint density at radius 3 is 2.11 bits per heavy atom. The van der Waals surface area contributed by atoms with Gasteiger partial charge < -0.3 is 9.16 Å². The topological polar surface area (TPSA) is 35.5 Å². The number of esters is 1. The van der Waals surface area contributed by atoms with Gasteiger partial charge in [0, 0.05) is 12.7 Å². The fourth-order valence-corrected chi connectivity index (χ4v) is 3.87. The average molecular weight is 272 g/mol. The minimum atomic E-state index is -0.644. The van der Waals surface area contributed by atoms with Gasteiger partial charge in [0.1, 0.15) is 0 Å². The lowest BCUT2D eigenvalue weighted by Crippen LogP contribution is -2.34. The van der Waals surface area contributed by atoms with Crippen molar-refractivity contribution < 1.29 is 14.0 Å². The Morgan fingerprint density at radius 1 is 1.28 bits per heavy atom. The van der Waals surface area contributed by atoms with Crippen molar-refractivity contribution in [2.24, 2.45) is 11.8 Å². The highest BCUT2D eigenvalue weighted by Gasteiger charge is 2.37. The van der Waals surface area contributed by atoms with Crippen LogP contribution in [0.2, 0.25) is 5.04 Å². The Balaban J connectivity index is 4.60. The maximum Gasteiger partial charge on any atom is 0.333 e. The molecule has 18 heavy (non-hydrogen) atoms. The first-order valence-electron chi connectivity index (χ1n) is 6.59. The molecule has 0 heterocycles. The molecule has 0 aromatic heterocycles. The van der Waals surface area contributed by atoms with E-state index in [0.717, 1.165) is 6.42 Å². The van der Waals surface area contributed by atoms with Crippen LogP contribution in [0.1, 0.15) is 41.0 Å². The van der Waals surface area contributed by atoms with E-state index in [1.165, 1.54) is 0 Å². The van der Waals surface area contributed by atoms with Crippen LogP contribution in [0.3, 0.4) is 0 Å². The molecule has 0 aromatic carbocycles. The van der Waals surface area contributed by atoms with Crippen molar-refractivity contribution >= 4 is 15.7 Å². The molecular weight excluding hydrogens is 244 g/mol. The summed E-state index contributed by atoms with van der Waals surface area (Å²) in [6.07, 6.45) is 0.876. The third-order valence-corrected chi connectivity index (χ3v) is 6.67. The molecule has 0 saturated carbocycles. The molecule has 0 spiro atoms. The number of hydrogen-bond donors (Lipinski definition) is 0. The molecule has 4 heteroatoms. The molecule has 0 N–H and O–H groups in total. The molecule has 0 saturated heterocycles. The van der Waals surface area contributed by atoms with E-state index in [-0.39, 0.29) is 11.0 Å². The summed E-state index contributed by atoms with van der Waals surface area (Å²) in [7, 11) is 1.14. The summed E-state index contributed by atoms with van der Waals surface area (Å²) in [6, 6.07) is 0. The van der Waals surface area contributed by atoms with E-state index in [4.69, 9.17) is 9.16 Å². The average Bonchev–Trinajstić information content (AvgIpc) is 2.26. The quantitative estimate of drug-likeness (QED) is 0.387. The molecule has 0 aliphatic heterocycles. The lowest BCUT2D eigenvalue weighted by atomic mass is 9.82. The normalized spacial score (nSPS) is 12.7. The van der Waals surface area contributed by atoms with Crippen LogP contribution in [-0.4, -0.2) is 29.4 Å². The smallest absolute Gasteiger partial charge is 0.333 e. The zero-order chi connectivity index (χ0) is 14.3. The van der Waals surface area contributed by atoms with Crippen molar-refractivity contribution in [3.63, 3.8) is 0 Å². The number of hydrogen-bond acceptors (Lipinski definition) is 3. The predicted molar refractivity (Wildman–Crippen MR) is 78.3 cm³/mol. The summed E-state index contributed by atoms with van der Waals surface area (Å²) in [6.45, 7) is 14.6. The van der Waals surface area contributed by atoms with Gasteiger partial charge in [-0.25, -0.2) is 4.79 Å². The van der Waals surface area contributed by atoms with E-state index in [1.807, 2.05) is 0 Å². The Kier molecular flexibility index (Phi) is 7.48. The van der Waals surface area contributed by atoms with Gasteiger partial charge in [0.05, 0.1) is 6.61 Å².